The molecular formula is C22H16BrClN4O3. The predicted octanol–water partition coefficient (Wildman–Crippen LogP) is 4.57. The van der Waals surface area contributed by atoms with Gasteiger partial charge >= 0.3 is 6.03 Å². The van der Waals surface area contributed by atoms with E-state index in [-0.39, 0.29) is 10.7 Å². The first-order valence-electron chi connectivity index (χ1n) is 9.25. The van der Waals surface area contributed by atoms with E-state index in [1.54, 1.807) is 25.1 Å². The summed E-state index contributed by atoms with van der Waals surface area (Å²) in [5.41, 5.74) is 2.70. The number of benzene rings is 2. The zero-order chi connectivity index (χ0) is 22.3. The van der Waals surface area contributed by atoms with Gasteiger partial charge < -0.3 is 0 Å². The molecule has 1 aromatic heterocycles. The first-order chi connectivity index (χ1) is 14.8. The van der Waals surface area contributed by atoms with Crippen molar-refractivity contribution in [2.45, 2.75) is 13.8 Å². The summed E-state index contributed by atoms with van der Waals surface area (Å²) in [6, 6.07) is 13.5. The molecule has 1 fully saturated rings. The smallest absolute Gasteiger partial charge is 0.273 e. The Bertz CT molecular complexity index is 1260. The van der Waals surface area contributed by atoms with E-state index in [1.165, 1.54) is 10.8 Å². The minimum atomic E-state index is -0.800. The van der Waals surface area contributed by atoms with E-state index in [1.807, 2.05) is 37.3 Å². The summed E-state index contributed by atoms with van der Waals surface area (Å²) >= 11 is 9.93. The van der Waals surface area contributed by atoms with Crippen LogP contribution in [0.4, 0.5) is 10.5 Å². The Labute approximate surface area is 191 Å². The van der Waals surface area contributed by atoms with Gasteiger partial charge in [0.1, 0.15) is 10.7 Å². The van der Waals surface area contributed by atoms with Crippen molar-refractivity contribution in [3.8, 4) is 5.69 Å². The fourth-order valence-corrected chi connectivity index (χ4v) is 3.82. The Hall–Kier alpha value is -3.23. The molecule has 1 saturated heterocycles. The summed E-state index contributed by atoms with van der Waals surface area (Å²) in [7, 11) is 0. The lowest BCUT2D eigenvalue weighted by molar-refractivity contribution is -0.122. The molecular weight excluding hydrogens is 484 g/mol. The molecule has 4 rings (SSSR count). The average molecular weight is 500 g/mol. The first-order valence-corrected chi connectivity index (χ1v) is 10.4. The maximum atomic E-state index is 13.1. The van der Waals surface area contributed by atoms with Crippen LogP contribution in [-0.4, -0.2) is 27.6 Å². The van der Waals surface area contributed by atoms with Crippen LogP contribution < -0.4 is 10.2 Å². The Balaban J connectivity index is 1.77. The maximum Gasteiger partial charge on any atom is 0.335 e. The number of halogens is 2. The highest BCUT2D eigenvalue weighted by atomic mass is 79.9. The Morgan fingerprint density at radius 1 is 1.03 bits per heavy atom. The van der Waals surface area contributed by atoms with Gasteiger partial charge in [0, 0.05) is 10.0 Å². The molecule has 0 unspecified atom stereocenters. The average Bonchev–Trinajstić information content (AvgIpc) is 2.99. The van der Waals surface area contributed by atoms with Gasteiger partial charge in [0.05, 0.1) is 17.1 Å². The number of anilines is 1. The van der Waals surface area contributed by atoms with Crippen molar-refractivity contribution < 1.29 is 14.4 Å². The van der Waals surface area contributed by atoms with Gasteiger partial charge in [-0.3, -0.25) is 14.9 Å². The standard InChI is InChI=1S/C22H16BrClN4O3/c1-12-4-3-5-16(10-12)27-21(30)18(20(29)25-22(27)31)11-17-13(2)26-28(19(17)24)15-8-6-14(23)7-9-15/h3-11H,1-2H3,(H,25,29,31)/b18-11-. The molecule has 2 heterocycles. The zero-order valence-electron chi connectivity index (χ0n) is 16.5. The summed E-state index contributed by atoms with van der Waals surface area (Å²) in [5, 5.41) is 6.89. The number of aryl methyl sites for hydroxylation is 2. The molecule has 2 aromatic carbocycles. The Morgan fingerprint density at radius 3 is 2.42 bits per heavy atom. The van der Waals surface area contributed by atoms with Crippen molar-refractivity contribution in [1.82, 2.24) is 15.1 Å². The van der Waals surface area contributed by atoms with Gasteiger partial charge in [-0.25, -0.2) is 14.4 Å². The summed E-state index contributed by atoms with van der Waals surface area (Å²) in [5.74, 6) is -1.52. The number of nitrogens with zero attached hydrogens (tertiary/aromatic N) is 3. The van der Waals surface area contributed by atoms with Crippen LogP contribution in [-0.2, 0) is 9.59 Å². The summed E-state index contributed by atoms with van der Waals surface area (Å²) in [6.45, 7) is 3.57. The van der Waals surface area contributed by atoms with E-state index in [0.717, 1.165) is 20.6 Å². The number of carbonyl (C=O) groups is 3. The second kappa shape index (κ2) is 8.13. The minimum absolute atomic E-state index is 0.207. The third-order valence-corrected chi connectivity index (χ3v) is 5.66. The van der Waals surface area contributed by atoms with Crippen molar-refractivity contribution in [2.24, 2.45) is 0 Å². The lowest BCUT2D eigenvalue weighted by Crippen LogP contribution is -2.54. The second-order valence-electron chi connectivity index (χ2n) is 6.97. The van der Waals surface area contributed by atoms with Crippen molar-refractivity contribution in [3.05, 3.63) is 80.6 Å². The number of amides is 4. The van der Waals surface area contributed by atoms with Crippen molar-refractivity contribution >= 4 is 57.1 Å². The fourth-order valence-electron chi connectivity index (χ4n) is 3.23. The van der Waals surface area contributed by atoms with E-state index in [0.29, 0.717) is 16.9 Å². The van der Waals surface area contributed by atoms with Crippen LogP contribution in [0.2, 0.25) is 5.15 Å². The molecule has 0 spiro atoms. The van der Waals surface area contributed by atoms with E-state index in [4.69, 9.17) is 11.6 Å². The summed E-state index contributed by atoms with van der Waals surface area (Å²) in [6.07, 6.45) is 1.37. The van der Waals surface area contributed by atoms with Crippen LogP contribution in [0.5, 0.6) is 0 Å². The molecule has 7 nitrogen and oxygen atoms in total. The first kappa shape index (κ1) is 21.0. The summed E-state index contributed by atoms with van der Waals surface area (Å²) in [4.78, 5) is 38.9. The number of nitrogens with one attached hydrogen (secondary N) is 1. The van der Waals surface area contributed by atoms with Crippen LogP contribution in [0.25, 0.3) is 11.8 Å². The van der Waals surface area contributed by atoms with Crippen molar-refractivity contribution in [3.63, 3.8) is 0 Å². The monoisotopic (exact) mass is 498 g/mol. The second-order valence-corrected chi connectivity index (χ2v) is 8.25. The van der Waals surface area contributed by atoms with Gasteiger partial charge in [0.2, 0.25) is 0 Å². The normalized spacial score (nSPS) is 15.5. The largest absolute Gasteiger partial charge is 0.335 e. The number of urea groups is 1. The molecule has 31 heavy (non-hydrogen) atoms. The maximum absolute atomic E-state index is 13.1. The van der Waals surface area contributed by atoms with E-state index < -0.39 is 17.8 Å². The number of carbonyl (C=O) groups excluding carboxylic acids is 3. The number of rotatable bonds is 3. The van der Waals surface area contributed by atoms with Crippen LogP contribution in [0, 0.1) is 13.8 Å². The van der Waals surface area contributed by atoms with Gasteiger partial charge in [0.15, 0.2) is 0 Å². The van der Waals surface area contributed by atoms with Crippen molar-refractivity contribution in [1.29, 1.82) is 0 Å². The highest BCUT2D eigenvalue weighted by Gasteiger charge is 2.37. The fraction of sp³-hybridized carbons (Fsp3) is 0.0909. The quantitative estimate of drug-likeness (QED) is 0.423. The predicted molar refractivity (Wildman–Crippen MR) is 121 cm³/mol. The van der Waals surface area contributed by atoms with Crippen LogP contribution >= 0.6 is 27.5 Å². The SMILES string of the molecule is Cc1cccc(N2C(=O)NC(=O)/C(=C/c3c(C)nn(-c4ccc(Br)cc4)c3Cl)C2=O)c1. The number of aromatic nitrogens is 2. The van der Waals surface area contributed by atoms with E-state index >= 15 is 0 Å². The molecule has 156 valence electrons. The molecule has 9 heteroatoms. The van der Waals surface area contributed by atoms with E-state index in [9.17, 15) is 14.4 Å². The molecule has 0 saturated carbocycles. The highest BCUT2D eigenvalue weighted by Crippen LogP contribution is 2.28. The van der Waals surface area contributed by atoms with Gasteiger partial charge in [-0.1, -0.05) is 39.7 Å². The number of barbiturate groups is 1. The molecule has 0 aliphatic carbocycles. The summed E-state index contributed by atoms with van der Waals surface area (Å²) < 4.78 is 2.42. The van der Waals surface area contributed by atoms with Crippen molar-refractivity contribution in [2.75, 3.05) is 4.90 Å². The molecule has 0 bridgehead atoms. The molecule has 4 amide bonds. The lowest BCUT2D eigenvalue weighted by Gasteiger charge is -2.26. The van der Waals surface area contributed by atoms with Gasteiger partial charge in [-0.05, 0) is 61.9 Å². The molecule has 1 aliphatic rings. The molecule has 0 atom stereocenters. The topological polar surface area (TPSA) is 84.3 Å². The number of imide groups is 2. The number of hydrogen-bond donors (Lipinski definition) is 1. The molecule has 0 radical (unpaired) electrons. The van der Waals surface area contributed by atoms with Gasteiger partial charge in [-0.15, -0.1) is 0 Å². The van der Waals surface area contributed by atoms with Crippen LogP contribution in [0.15, 0.2) is 58.6 Å². The van der Waals surface area contributed by atoms with Gasteiger partial charge in [0.25, 0.3) is 11.8 Å². The Morgan fingerprint density at radius 2 is 1.74 bits per heavy atom. The molecule has 3 aromatic rings. The zero-order valence-corrected chi connectivity index (χ0v) is 18.9. The van der Waals surface area contributed by atoms with Crippen LogP contribution in [0.1, 0.15) is 16.8 Å². The van der Waals surface area contributed by atoms with E-state index in [2.05, 4.69) is 26.3 Å². The lowest BCUT2D eigenvalue weighted by atomic mass is 10.1. The third-order valence-electron chi connectivity index (χ3n) is 4.77. The Kier molecular flexibility index (Phi) is 5.51. The van der Waals surface area contributed by atoms with Crippen LogP contribution in [0.3, 0.4) is 0 Å². The highest BCUT2D eigenvalue weighted by molar-refractivity contribution is 9.10. The number of hydrogen-bond acceptors (Lipinski definition) is 4. The van der Waals surface area contributed by atoms with Gasteiger partial charge in [-0.2, -0.15) is 5.10 Å². The molecule has 1 aliphatic heterocycles. The molecule has 1 N–H and O–H groups in total. The third kappa shape index (κ3) is 3.92. The minimum Gasteiger partial charge on any atom is -0.273 e.